The van der Waals surface area contributed by atoms with E-state index in [1.54, 1.807) is 66.7 Å². The fraction of sp³-hybridized carbons (Fsp3) is 0.0455. The first-order chi connectivity index (χ1) is 13.5. The molecule has 0 heterocycles. The van der Waals surface area contributed by atoms with Gasteiger partial charge in [0.25, 0.3) is 5.91 Å². The van der Waals surface area contributed by atoms with Crippen LogP contribution in [0.2, 0.25) is 5.02 Å². The lowest BCUT2D eigenvalue weighted by Crippen LogP contribution is -2.18. The number of aryl methyl sites for hydroxylation is 1. The molecule has 0 spiro atoms. The smallest absolute Gasteiger partial charge is 0.343 e. The maximum Gasteiger partial charge on any atom is 0.343 e. The van der Waals surface area contributed by atoms with E-state index in [-0.39, 0.29) is 0 Å². The summed E-state index contributed by atoms with van der Waals surface area (Å²) in [4.78, 5) is 24.1. The second-order valence-corrected chi connectivity index (χ2v) is 6.41. The van der Waals surface area contributed by atoms with Crippen LogP contribution < -0.4 is 10.2 Å². The standard InChI is InChI=1S/C22H17ClN2O3/c1-15-7-12-19(20(23)13-15)21(26)25-24-14-16-8-10-18(11-9-16)28-22(27)17-5-3-2-4-6-17/h2-14H,1H3,(H,25,26). The van der Waals surface area contributed by atoms with Gasteiger partial charge in [0, 0.05) is 0 Å². The monoisotopic (exact) mass is 392 g/mol. The van der Waals surface area contributed by atoms with Crippen molar-refractivity contribution in [2.75, 3.05) is 0 Å². The Balaban J connectivity index is 1.58. The highest BCUT2D eigenvalue weighted by molar-refractivity contribution is 6.33. The minimum absolute atomic E-state index is 0.354. The van der Waals surface area contributed by atoms with Crippen LogP contribution in [0.3, 0.4) is 0 Å². The molecular formula is C22H17ClN2O3. The van der Waals surface area contributed by atoms with Crippen LogP contribution in [0.1, 0.15) is 31.8 Å². The zero-order valence-electron chi connectivity index (χ0n) is 15.1. The molecule has 0 saturated heterocycles. The maximum atomic E-state index is 12.1. The molecule has 0 fully saturated rings. The zero-order valence-corrected chi connectivity index (χ0v) is 15.8. The van der Waals surface area contributed by atoms with Gasteiger partial charge in [0.05, 0.1) is 22.4 Å². The number of hydrogen-bond acceptors (Lipinski definition) is 4. The summed E-state index contributed by atoms with van der Waals surface area (Å²) in [5.74, 6) is -0.402. The third kappa shape index (κ3) is 5.05. The molecule has 6 heteroatoms. The Kier molecular flexibility index (Phi) is 6.19. The molecule has 0 bridgehead atoms. The Morgan fingerprint density at radius 1 is 1.00 bits per heavy atom. The summed E-state index contributed by atoms with van der Waals surface area (Å²) in [7, 11) is 0. The van der Waals surface area contributed by atoms with Gasteiger partial charge in [0.1, 0.15) is 5.75 Å². The van der Waals surface area contributed by atoms with Crippen molar-refractivity contribution in [2.45, 2.75) is 6.92 Å². The molecule has 3 rings (SSSR count). The van der Waals surface area contributed by atoms with Crippen molar-refractivity contribution < 1.29 is 14.3 Å². The largest absolute Gasteiger partial charge is 0.423 e. The summed E-state index contributed by atoms with van der Waals surface area (Å²) < 4.78 is 5.31. The van der Waals surface area contributed by atoms with Gasteiger partial charge in [0.15, 0.2) is 0 Å². The first-order valence-electron chi connectivity index (χ1n) is 8.50. The van der Waals surface area contributed by atoms with Gasteiger partial charge in [-0.25, -0.2) is 10.2 Å². The summed E-state index contributed by atoms with van der Waals surface area (Å²) in [6.45, 7) is 1.90. The lowest BCUT2D eigenvalue weighted by Gasteiger charge is -2.05. The number of halogens is 1. The lowest BCUT2D eigenvalue weighted by molar-refractivity contribution is 0.0734. The number of hydrazone groups is 1. The van der Waals surface area contributed by atoms with Crippen molar-refractivity contribution in [3.63, 3.8) is 0 Å². The Hall–Kier alpha value is -3.44. The number of rotatable bonds is 5. The third-order valence-corrected chi connectivity index (χ3v) is 4.16. The van der Waals surface area contributed by atoms with Crippen LogP contribution in [-0.2, 0) is 0 Å². The van der Waals surface area contributed by atoms with Crippen LogP contribution in [0.4, 0.5) is 0 Å². The average Bonchev–Trinajstić information content (AvgIpc) is 2.70. The Morgan fingerprint density at radius 2 is 1.71 bits per heavy atom. The van der Waals surface area contributed by atoms with E-state index in [1.165, 1.54) is 6.21 Å². The van der Waals surface area contributed by atoms with Crippen molar-refractivity contribution in [3.8, 4) is 5.75 Å². The van der Waals surface area contributed by atoms with E-state index in [4.69, 9.17) is 16.3 Å². The van der Waals surface area contributed by atoms with Gasteiger partial charge in [-0.05, 0) is 66.6 Å². The van der Waals surface area contributed by atoms with E-state index >= 15 is 0 Å². The molecule has 3 aromatic carbocycles. The van der Waals surface area contributed by atoms with Crippen LogP contribution in [0, 0.1) is 6.92 Å². The second-order valence-electron chi connectivity index (χ2n) is 6.01. The van der Waals surface area contributed by atoms with Crippen molar-refractivity contribution in [1.29, 1.82) is 0 Å². The summed E-state index contributed by atoms with van der Waals surface area (Å²) >= 11 is 6.07. The average molecular weight is 393 g/mol. The van der Waals surface area contributed by atoms with Gasteiger partial charge in [-0.15, -0.1) is 0 Å². The minimum Gasteiger partial charge on any atom is -0.423 e. The summed E-state index contributed by atoms with van der Waals surface area (Å²) in [6, 6.07) is 20.7. The van der Waals surface area contributed by atoms with Gasteiger partial charge >= 0.3 is 5.97 Å². The Morgan fingerprint density at radius 3 is 2.39 bits per heavy atom. The molecule has 0 aliphatic carbocycles. The Labute approximate surface area is 167 Å². The molecule has 28 heavy (non-hydrogen) atoms. The number of ether oxygens (including phenoxy) is 1. The number of nitrogens with zero attached hydrogens (tertiary/aromatic N) is 1. The molecule has 0 unspecified atom stereocenters. The highest BCUT2D eigenvalue weighted by atomic mass is 35.5. The molecule has 0 aromatic heterocycles. The second kappa shape index (κ2) is 8.97. The number of amides is 1. The molecular weight excluding hydrogens is 376 g/mol. The third-order valence-electron chi connectivity index (χ3n) is 3.85. The molecule has 0 radical (unpaired) electrons. The molecule has 0 atom stereocenters. The van der Waals surface area contributed by atoms with Gasteiger partial charge < -0.3 is 4.74 Å². The van der Waals surface area contributed by atoms with E-state index in [9.17, 15) is 9.59 Å². The van der Waals surface area contributed by atoms with Crippen LogP contribution in [0.25, 0.3) is 0 Å². The topological polar surface area (TPSA) is 67.8 Å². The molecule has 1 amide bonds. The van der Waals surface area contributed by atoms with Gasteiger partial charge in [-0.3, -0.25) is 4.79 Å². The van der Waals surface area contributed by atoms with Gasteiger partial charge in [0.2, 0.25) is 0 Å². The number of hydrogen-bond donors (Lipinski definition) is 1. The molecule has 140 valence electrons. The lowest BCUT2D eigenvalue weighted by atomic mass is 10.1. The van der Waals surface area contributed by atoms with Crippen molar-refractivity contribution in [3.05, 3.63) is 100 Å². The van der Waals surface area contributed by atoms with Crippen LogP contribution in [-0.4, -0.2) is 18.1 Å². The zero-order chi connectivity index (χ0) is 19.9. The summed E-state index contributed by atoms with van der Waals surface area (Å²) in [5, 5.41) is 4.30. The number of nitrogens with one attached hydrogen (secondary N) is 1. The number of carbonyl (C=O) groups excluding carboxylic acids is 2. The van der Waals surface area contributed by atoms with Crippen LogP contribution in [0.5, 0.6) is 5.75 Å². The number of carbonyl (C=O) groups is 2. The van der Waals surface area contributed by atoms with Crippen molar-refractivity contribution in [2.24, 2.45) is 5.10 Å². The Bertz CT molecular complexity index is 1020. The predicted molar refractivity (Wildman–Crippen MR) is 109 cm³/mol. The van der Waals surface area contributed by atoms with Gasteiger partial charge in [-0.2, -0.15) is 5.10 Å². The number of benzene rings is 3. The van der Waals surface area contributed by atoms with Crippen molar-refractivity contribution in [1.82, 2.24) is 5.43 Å². The molecule has 0 aliphatic heterocycles. The first kappa shape index (κ1) is 19.3. The fourth-order valence-electron chi connectivity index (χ4n) is 2.39. The molecule has 1 N–H and O–H groups in total. The fourth-order valence-corrected chi connectivity index (χ4v) is 2.71. The normalized spacial score (nSPS) is 10.6. The highest BCUT2D eigenvalue weighted by Crippen LogP contribution is 2.17. The predicted octanol–water partition coefficient (Wildman–Crippen LogP) is 4.63. The molecule has 5 nitrogen and oxygen atoms in total. The highest BCUT2D eigenvalue weighted by Gasteiger charge is 2.09. The van der Waals surface area contributed by atoms with E-state index in [2.05, 4.69) is 10.5 Å². The van der Waals surface area contributed by atoms with E-state index in [0.717, 1.165) is 11.1 Å². The minimum atomic E-state index is -0.427. The molecule has 0 aliphatic rings. The summed E-state index contributed by atoms with van der Waals surface area (Å²) in [6.07, 6.45) is 1.49. The quantitative estimate of drug-likeness (QED) is 0.298. The molecule has 0 saturated carbocycles. The van der Waals surface area contributed by atoms with Crippen LogP contribution >= 0.6 is 11.6 Å². The molecule has 3 aromatic rings. The van der Waals surface area contributed by atoms with Crippen LogP contribution in [0.15, 0.2) is 77.9 Å². The van der Waals surface area contributed by atoms with E-state index in [0.29, 0.717) is 21.9 Å². The maximum absolute atomic E-state index is 12.1. The number of esters is 1. The van der Waals surface area contributed by atoms with Gasteiger partial charge in [-0.1, -0.05) is 35.9 Å². The first-order valence-corrected chi connectivity index (χ1v) is 8.87. The SMILES string of the molecule is Cc1ccc(C(=O)NN=Cc2ccc(OC(=O)c3ccccc3)cc2)c(Cl)c1. The van der Waals surface area contributed by atoms with E-state index in [1.807, 2.05) is 13.0 Å². The van der Waals surface area contributed by atoms with E-state index < -0.39 is 11.9 Å². The van der Waals surface area contributed by atoms with Crippen molar-refractivity contribution >= 4 is 29.7 Å². The summed E-state index contributed by atoms with van der Waals surface area (Å²) in [5.41, 5.74) is 4.97.